The van der Waals surface area contributed by atoms with Crippen LogP contribution in [-0.2, 0) is 21.2 Å². The Morgan fingerprint density at radius 3 is 2.68 bits per heavy atom. The lowest BCUT2D eigenvalue weighted by Crippen LogP contribution is -2.54. The van der Waals surface area contributed by atoms with E-state index in [-0.39, 0.29) is 6.61 Å². The molecular formula is C19H16ClF6N5O3. The van der Waals surface area contributed by atoms with Gasteiger partial charge in [-0.2, -0.15) is 22.0 Å². The van der Waals surface area contributed by atoms with Crippen molar-refractivity contribution in [1.29, 1.82) is 0 Å². The molecule has 3 rings (SSSR count). The smallest absolute Gasteiger partial charge is 0.417 e. The van der Waals surface area contributed by atoms with Crippen molar-refractivity contribution < 1.29 is 40.6 Å². The first-order valence-electron chi connectivity index (χ1n) is 9.37. The van der Waals surface area contributed by atoms with Crippen molar-refractivity contribution in [2.45, 2.75) is 24.1 Å². The second-order valence-electron chi connectivity index (χ2n) is 7.08. The van der Waals surface area contributed by atoms with E-state index < -0.39 is 76.2 Å². The highest BCUT2D eigenvalue weighted by molar-refractivity contribution is 6.34. The fourth-order valence-corrected chi connectivity index (χ4v) is 3.41. The summed E-state index contributed by atoms with van der Waals surface area (Å²) in [5.41, 5.74) is 0.206. The Morgan fingerprint density at radius 1 is 1.35 bits per heavy atom. The summed E-state index contributed by atoms with van der Waals surface area (Å²) in [7, 11) is 1.24. The monoisotopic (exact) mass is 511 g/mol. The first-order chi connectivity index (χ1) is 15.8. The molecule has 2 aromatic rings. The third-order valence-corrected chi connectivity index (χ3v) is 5.13. The Balaban J connectivity index is 2.00. The van der Waals surface area contributed by atoms with Crippen molar-refractivity contribution in [2.75, 3.05) is 25.6 Å². The van der Waals surface area contributed by atoms with E-state index in [1.54, 1.807) is 0 Å². The molecule has 1 aliphatic rings. The number of nitrogens with two attached hydrogens (primary N) is 1. The minimum Gasteiger partial charge on any atom is -0.459 e. The van der Waals surface area contributed by atoms with Crippen molar-refractivity contribution in [3.63, 3.8) is 0 Å². The number of hydrogen-bond acceptors (Lipinski definition) is 7. The van der Waals surface area contributed by atoms with Crippen LogP contribution in [0.5, 0.6) is 0 Å². The standard InChI is InChI=1S/C19H16ClF6N5O3/c1-33-5-4-17(18(22,23)8-34-16(27)31-17)14-11(21)2-3-12(29-14)30-15(32)13-10(20)6-9(7-28-13)19(24,25)26/h2-3,6-7H,4-5,8H2,1H3,(H2,27,31)(H,29,30,32)/t17-/m1/s1. The number of aromatic nitrogens is 2. The van der Waals surface area contributed by atoms with Crippen molar-refractivity contribution >= 4 is 29.3 Å². The minimum absolute atomic E-state index is 0.283. The van der Waals surface area contributed by atoms with Gasteiger partial charge in [0, 0.05) is 26.3 Å². The predicted octanol–water partition coefficient (Wildman–Crippen LogP) is 3.75. The summed E-state index contributed by atoms with van der Waals surface area (Å²) in [6.07, 6.45) is -4.90. The molecule has 0 spiro atoms. The number of aliphatic imine (C=N–C) groups is 1. The van der Waals surface area contributed by atoms with Crippen molar-refractivity contribution in [3.8, 4) is 0 Å². The van der Waals surface area contributed by atoms with Crippen LogP contribution in [0.3, 0.4) is 0 Å². The predicted molar refractivity (Wildman–Crippen MR) is 107 cm³/mol. The number of amides is 1. The van der Waals surface area contributed by atoms with Crippen LogP contribution in [0.25, 0.3) is 0 Å². The summed E-state index contributed by atoms with van der Waals surface area (Å²) in [6.45, 7) is -1.50. The van der Waals surface area contributed by atoms with E-state index in [0.717, 1.165) is 12.1 Å². The maximum Gasteiger partial charge on any atom is 0.417 e. The van der Waals surface area contributed by atoms with E-state index in [1.165, 1.54) is 7.11 Å². The molecule has 1 atom stereocenters. The molecule has 3 N–H and O–H groups in total. The number of carbonyl (C=O) groups is 1. The molecule has 0 unspecified atom stereocenters. The van der Waals surface area contributed by atoms with Crippen LogP contribution >= 0.6 is 11.6 Å². The number of alkyl halides is 5. The Labute approximate surface area is 193 Å². The van der Waals surface area contributed by atoms with Crippen LogP contribution in [-0.4, -0.2) is 48.1 Å². The molecule has 8 nitrogen and oxygen atoms in total. The highest BCUT2D eigenvalue weighted by Gasteiger charge is 2.60. The lowest BCUT2D eigenvalue weighted by molar-refractivity contribution is -0.137. The van der Waals surface area contributed by atoms with Gasteiger partial charge in [0.15, 0.2) is 12.1 Å². The van der Waals surface area contributed by atoms with Gasteiger partial charge in [0.25, 0.3) is 11.9 Å². The van der Waals surface area contributed by atoms with Crippen LogP contribution in [0.1, 0.15) is 28.2 Å². The first kappa shape index (κ1) is 25.5. The molecule has 2 aromatic heterocycles. The number of anilines is 1. The summed E-state index contributed by atoms with van der Waals surface area (Å²) >= 11 is 5.75. The molecular weight excluding hydrogens is 496 g/mol. The maximum absolute atomic E-state index is 15.0. The van der Waals surface area contributed by atoms with Gasteiger partial charge in [-0.15, -0.1) is 0 Å². The Hall–Kier alpha value is -3.13. The van der Waals surface area contributed by atoms with Crippen LogP contribution in [0.2, 0.25) is 5.02 Å². The maximum atomic E-state index is 15.0. The summed E-state index contributed by atoms with van der Waals surface area (Å²) < 4.78 is 92.5. The second-order valence-corrected chi connectivity index (χ2v) is 7.49. The Morgan fingerprint density at radius 2 is 2.06 bits per heavy atom. The summed E-state index contributed by atoms with van der Waals surface area (Å²) in [5.74, 6) is -6.50. The largest absolute Gasteiger partial charge is 0.459 e. The van der Waals surface area contributed by atoms with Crippen LogP contribution in [0.15, 0.2) is 29.4 Å². The highest BCUT2D eigenvalue weighted by atomic mass is 35.5. The number of ether oxygens (including phenoxy) is 2. The number of amidine groups is 1. The van der Waals surface area contributed by atoms with Crippen molar-refractivity contribution in [3.05, 3.63) is 52.2 Å². The van der Waals surface area contributed by atoms with Gasteiger partial charge in [0.05, 0.1) is 10.6 Å². The molecule has 3 heterocycles. The number of pyridine rings is 2. The van der Waals surface area contributed by atoms with E-state index >= 15 is 0 Å². The van der Waals surface area contributed by atoms with E-state index in [0.29, 0.717) is 12.3 Å². The fraction of sp³-hybridized carbons (Fsp3) is 0.368. The lowest BCUT2D eigenvalue weighted by atomic mass is 9.83. The highest BCUT2D eigenvalue weighted by Crippen LogP contribution is 2.46. The molecule has 0 aromatic carbocycles. The molecule has 0 fully saturated rings. The summed E-state index contributed by atoms with van der Waals surface area (Å²) in [6, 6.07) is 1.57. The molecule has 0 saturated carbocycles. The lowest BCUT2D eigenvalue weighted by Gasteiger charge is -2.39. The van der Waals surface area contributed by atoms with Gasteiger partial charge >= 0.3 is 12.1 Å². The first-order valence-corrected chi connectivity index (χ1v) is 9.74. The number of nitrogens with zero attached hydrogens (tertiary/aromatic N) is 3. The zero-order valence-electron chi connectivity index (χ0n) is 17.2. The molecule has 0 aliphatic carbocycles. The van der Waals surface area contributed by atoms with Gasteiger partial charge in [0.1, 0.15) is 23.0 Å². The van der Waals surface area contributed by atoms with Crippen molar-refractivity contribution in [1.82, 2.24) is 9.97 Å². The second kappa shape index (κ2) is 9.25. The number of rotatable bonds is 6. The van der Waals surface area contributed by atoms with Gasteiger partial charge in [-0.25, -0.2) is 19.4 Å². The van der Waals surface area contributed by atoms with Gasteiger partial charge in [0.2, 0.25) is 0 Å². The summed E-state index contributed by atoms with van der Waals surface area (Å²) in [5, 5.41) is 1.52. The third-order valence-electron chi connectivity index (χ3n) is 4.84. The number of nitrogens with one attached hydrogen (secondary N) is 1. The van der Waals surface area contributed by atoms with Gasteiger partial charge in [-0.1, -0.05) is 11.6 Å². The topological polar surface area (TPSA) is 112 Å². The van der Waals surface area contributed by atoms with Crippen LogP contribution in [0.4, 0.5) is 32.2 Å². The van der Waals surface area contributed by atoms with Crippen molar-refractivity contribution in [2.24, 2.45) is 10.7 Å². The number of methoxy groups -OCH3 is 1. The fourth-order valence-electron chi connectivity index (χ4n) is 3.16. The number of halogens is 7. The zero-order chi connectivity index (χ0) is 25.3. The van der Waals surface area contributed by atoms with E-state index in [2.05, 4.69) is 25.0 Å². The van der Waals surface area contributed by atoms with Gasteiger partial charge in [-0.05, 0) is 18.2 Å². The van der Waals surface area contributed by atoms with Gasteiger partial charge < -0.3 is 20.5 Å². The SMILES string of the molecule is COCC[C@]1(c2nc(NC(=O)c3ncc(C(F)(F)F)cc3Cl)ccc2F)N=C(N)OCC1(F)F. The molecule has 15 heteroatoms. The third kappa shape index (κ3) is 4.87. The molecule has 0 saturated heterocycles. The molecule has 1 amide bonds. The molecule has 0 radical (unpaired) electrons. The zero-order valence-corrected chi connectivity index (χ0v) is 18.0. The number of carbonyl (C=O) groups excluding carboxylic acids is 1. The quantitative estimate of drug-likeness (QED) is 0.571. The number of hydrogen-bond donors (Lipinski definition) is 2. The van der Waals surface area contributed by atoms with E-state index in [1.807, 2.05) is 0 Å². The molecule has 34 heavy (non-hydrogen) atoms. The average Bonchev–Trinajstić information content (AvgIpc) is 2.75. The minimum atomic E-state index is -4.74. The molecule has 1 aliphatic heterocycles. The Kier molecular flexibility index (Phi) is 6.94. The molecule has 0 bridgehead atoms. The van der Waals surface area contributed by atoms with Gasteiger partial charge in [-0.3, -0.25) is 4.79 Å². The van der Waals surface area contributed by atoms with E-state index in [9.17, 15) is 31.1 Å². The van der Waals surface area contributed by atoms with Crippen LogP contribution < -0.4 is 11.1 Å². The van der Waals surface area contributed by atoms with E-state index in [4.69, 9.17) is 22.1 Å². The average molecular weight is 512 g/mol. The van der Waals surface area contributed by atoms with Crippen LogP contribution in [0, 0.1) is 5.82 Å². The normalized spacial score (nSPS) is 19.8. The summed E-state index contributed by atoms with van der Waals surface area (Å²) in [4.78, 5) is 23.3. The Bertz CT molecular complexity index is 1130. The molecule has 184 valence electrons.